The molecule has 0 aliphatic rings. The fraction of sp³-hybridized carbons (Fsp3) is 0.263. The first-order valence-electron chi connectivity index (χ1n) is 8.15. The van der Waals surface area contributed by atoms with Crippen LogP contribution in [0.4, 0.5) is 0 Å². The molecular weight excluding hydrogens is 318 g/mol. The van der Waals surface area contributed by atoms with E-state index in [1.807, 2.05) is 38.1 Å². The van der Waals surface area contributed by atoms with Gasteiger partial charge in [-0.15, -0.1) is 0 Å². The normalized spacial score (nSPS) is 11.0. The van der Waals surface area contributed by atoms with E-state index in [1.54, 1.807) is 29.9 Å². The van der Waals surface area contributed by atoms with E-state index in [9.17, 15) is 9.59 Å². The largest absolute Gasteiger partial charge is 0.496 e. The van der Waals surface area contributed by atoms with Crippen LogP contribution in [0.2, 0.25) is 0 Å². The molecule has 0 fully saturated rings. The quantitative estimate of drug-likeness (QED) is 0.750. The molecule has 6 heteroatoms. The van der Waals surface area contributed by atoms with E-state index in [0.717, 1.165) is 16.8 Å². The van der Waals surface area contributed by atoms with Gasteiger partial charge >= 0.3 is 5.69 Å². The Kier molecular flexibility index (Phi) is 4.61. The van der Waals surface area contributed by atoms with Crippen molar-refractivity contribution in [2.24, 2.45) is 0 Å². The van der Waals surface area contributed by atoms with Gasteiger partial charge < -0.3 is 15.0 Å². The topological polar surface area (TPSA) is 76.1 Å². The Labute approximate surface area is 145 Å². The number of hydrogen-bond acceptors (Lipinski definition) is 3. The third-order valence-electron chi connectivity index (χ3n) is 4.13. The van der Waals surface area contributed by atoms with E-state index < -0.39 is 0 Å². The van der Waals surface area contributed by atoms with Gasteiger partial charge in [0.05, 0.1) is 18.1 Å². The third-order valence-corrected chi connectivity index (χ3v) is 4.13. The fourth-order valence-electron chi connectivity index (χ4n) is 2.91. The number of ether oxygens (including phenoxy) is 1. The lowest BCUT2D eigenvalue weighted by Crippen LogP contribution is -2.23. The molecule has 0 aliphatic carbocycles. The Morgan fingerprint density at radius 1 is 1.24 bits per heavy atom. The maximum absolute atomic E-state index is 12.4. The molecule has 3 rings (SSSR count). The van der Waals surface area contributed by atoms with Crippen molar-refractivity contribution < 1.29 is 9.53 Å². The molecular formula is C19H21N3O3. The average Bonchev–Trinajstić information content (AvgIpc) is 2.94. The summed E-state index contributed by atoms with van der Waals surface area (Å²) in [6, 6.07) is 12.8. The zero-order chi connectivity index (χ0) is 18.0. The molecule has 0 saturated carbocycles. The van der Waals surface area contributed by atoms with Crippen molar-refractivity contribution >= 4 is 16.9 Å². The van der Waals surface area contributed by atoms with Gasteiger partial charge in [0.25, 0.3) is 5.91 Å². The number of methoxy groups -OCH3 is 1. The first-order valence-corrected chi connectivity index (χ1v) is 8.15. The van der Waals surface area contributed by atoms with Gasteiger partial charge in [-0.2, -0.15) is 0 Å². The van der Waals surface area contributed by atoms with Crippen LogP contribution in [0.3, 0.4) is 0 Å². The lowest BCUT2D eigenvalue weighted by atomic mass is 10.1. The maximum Gasteiger partial charge on any atom is 0.326 e. The fourth-order valence-corrected chi connectivity index (χ4v) is 2.91. The van der Waals surface area contributed by atoms with Crippen LogP contribution in [-0.2, 0) is 6.54 Å². The number of benzene rings is 2. The van der Waals surface area contributed by atoms with Crippen molar-refractivity contribution in [2.45, 2.75) is 26.4 Å². The van der Waals surface area contributed by atoms with Crippen molar-refractivity contribution in [1.82, 2.24) is 14.9 Å². The summed E-state index contributed by atoms with van der Waals surface area (Å²) in [5.41, 5.74) is 2.68. The summed E-state index contributed by atoms with van der Waals surface area (Å²) in [5.74, 6) is 0.530. The predicted molar refractivity (Wildman–Crippen MR) is 97.1 cm³/mol. The lowest BCUT2D eigenvalue weighted by Gasteiger charge is -2.10. The lowest BCUT2D eigenvalue weighted by molar-refractivity contribution is 0.0951. The number of para-hydroxylation sites is 1. The summed E-state index contributed by atoms with van der Waals surface area (Å²) in [5, 5.41) is 2.88. The van der Waals surface area contributed by atoms with Gasteiger partial charge in [0.2, 0.25) is 0 Å². The molecule has 3 aromatic rings. The number of carbonyl (C=O) groups is 1. The van der Waals surface area contributed by atoms with Crippen molar-refractivity contribution in [2.75, 3.05) is 7.11 Å². The molecule has 0 unspecified atom stereocenters. The number of aromatic amines is 1. The molecule has 0 aliphatic heterocycles. The van der Waals surface area contributed by atoms with Crippen molar-refractivity contribution in [3.05, 3.63) is 64.1 Å². The highest BCUT2D eigenvalue weighted by Crippen LogP contribution is 2.18. The second-order valence-electron chi connectivity index (χ2n) is 6.12. The van der Waals surface area contributed by atoms with Crippen LogP contribution in [0, 0.1) is 0 Å². The summed E-state index contributed by atoms with van der Waals surface area (Å²) in [4.78, 5) is 27.3. The SMILES string of the molecule is COc1ccccc1CNC(=O)c1ccc2c(c1)[nH]c(=O)n2C(C)C. The molecule has 25 heavy (non-hydrogen) atoms. The predicted octanol–water partition coefficient (Wildman–Crippen LogP) is 2.85. The highest BCUT2D eigenvalue weighted by molar-refractivity contribution is 5.97. The number of aromatic nitrogens is 2. The van der Waals surface area contributed by atoms with Gasteiger partial charge in [-0.05, 0) is 38.1 Å². The molecule has 1 aromatic heterocycles. The number of rotatable bonds is 5. The summed E-state index contributed by atoms with van der Waals surface area (Å²) >= 11 is 0. The Balaban J connectivity index is 1.82. The standard InChI is InChI=1S/C19H21N3O3/c1-12(2)22-16-9-8-13(10-15(16)21-19(22)24)18(23)20-11-14-6-4-5-7-17(14)25-3/h4-10,12H,11H2,1-3H3,(H,20,23)(H,21,24). The molecule has 2 aromatic carbocycles. The molecule has 2 N–H and O–H groups in total. The number of nitrogens with zero attached hydrogens (tertiary/aromatic N) is 1. The van der Waals surface area contributed by atoms with Crippen molar-refractivity contribution in [1.29, 1.82) is 0 Å². The van der Waals surface area contributed by atoms with E-state index in [4.69, 9.17) is 4.74 Å². The minimum Gasteiger partial charge on any atom is -0.496 e. The highest BCUT2D eigenvalue weighted by Gasteiger charge is 2.13. The van der Waals surface area contributed by atoms with Gasteiger partial charge in [0, 0.05) is 23.7 Å². The molecule has 1 amide bonds. The van der Waals surface area contributed by atoms with Gasteiger partial charge in [0.15, 0.2) is 0 Å². The molecule has 1 heterocycles. The molecule has 0 bridgehead atoms. The van der Waals surface area contributed by atoms with Crippen LogP contribution < -0.4 is 15.7 Å². The van der Waals surface area contributed by atoms with E-state index in [1.165, 1.54) is 0 Å². The number of imidazole rings is 1. The Bertz CT molecular complexity index is 969. The molecule has 0 spiro atoms. The van der Waals surface area contributed by atoms with E-state index >= 15 is 0 Å². The third kappa shape index (κ3) is 3.28. The zero-order valence-corrected chi connectivity index (χ0v) is 14.5. The van der Waals surface area contributed by atoms with E-state index in [0.29, 0.717) is 17.6 Å². The van der Waals surface area contributed by atoms with Crippen LogP contribution in [0.25, 0.3) is 11.0 Å². The number of nitrogens with one attached hydrogen (secondary N) is 2. The van der Waals surface area contributed by atoms with Crippen LogP contribution in [-0.4, -0.2) is 22.6 Å². The first kappa shape index (κ1) is 16.8. The van der Waals surface area contributed by atoms with Gasteiger partial charge in [-0.3, -0.25) is 9.36 Å². The minimum atomic E-state index is -0.203. The van der Waals surface area contributed by atoms with Crippen LogP contribution in [0.5, 0.6) is 5.75 Å². The zero-order valence-electron chi connectivity index (χ0n) is 14.5. The van der Waals surface area contributed by atoms with E-state index in [2.05, 4.69) is 10.3 Å². The summed E-state index contributed by atoms with van der Waals surface area (Å²) in [6.07, 6.45) is 0. The number of hydrogen-bond donors (Lipinski definition) is 2. The van der Waals surface area contributed by atoms with E-state index in [-0.39, 0.29) is 17.6 Å². The second kappa shape index (κ2) is 6.84. The van der Waals surface area contributed by atoms with Gasteiger partial charge in [0.1, 0.15) is 5.75 Å². The van der Waals surface area contributed by atoms with Crippen molar-refractivity contribution in [3.8, 4) is 5.75 Å². The highest BCUT2D eigenvalue weighted by atomic mass is 16.5. The second-order valence-corrected chi connectivity index (χ2v) is 6.12. The minimum absolute atomic E-state index is 0.0477. The maximum atomic E-state index is 12.4. The molecule has 0 saturated heterocycles. The Hall–Kier alpha value is -3.02. The number of fused-ring (bicyclic) bond motifs is 1. The Morgan fingerprint density at radius 3 is 2.72 bits per heavy atom. The molecule has 0 atom stereocenters. The number of carbonyl (C=O) groups excluding carboxylic acids is 1. The molecule has 6 nitrogen and oxygen atoms in total. The van der Waals surface area contributed by atoms with Crippen LogP contribution in [0.1, 0.15) is 35.8 Å². The number of H-pyrrole nitrogens is 1. The van der Waals surface area contributed by atoms with Gasteiger partial charge in [-0.1, -0.05) is 18.2 Å². The Morgan fingerprint density at radius 2 is 2.00 bits per heavy atom. The smallest absolute Gasteiger partial charge is 0.326 e. The summed E-state index contributed by atoms with van der Waals surface area (Å²) in [6.45, 7) is 4.26. The van der Waals surface area contributed by atoms with Gasteiger partial charge in [-0.25, -0.2) is 4.79 Å². The summed E-state index contributed by atoms with van der Waals surface area (Å²) in [7, 11) is 1.60. The molecule has 130 valence electrons. The summed E-state index contributed by atoms with van der Waals surface area (Å²) < 4.78 is 6.96. The monoisotopic (exact) mass is 339 g/mol. The average molecular weight is 339 g/mol. The molecule has 0 radical (unpaired) electrons. The number of amides is 1. The van der Waals surface area contributed by atoms with Crippen LogP contribution in [0.15, 0.2) is 47.3 Å². The van der Waals surface area contributed by atoms with Crippen molar-refractivity contribution in [3.63, 3.8) is 0 Å². The first-order chi connectivity index (χ1) is 12.0. The van der Waals surface area contributed by atoms with Crippen LogP contribution >= 0.6 is 0 Å².